The number of hydrogen-bond donors (Lipinski definition) is 2. The van der Waals surface area contributed by atoms with E-state index in [-0.39, 0.29) is 5.56 Å². The molecule has 4 nitrogen and oxygen atoms in total. The number of H-pyrrole nitrogens is 1. The lowest BCUT2D eigenvalue weighted by Crippen LogP contribution is -2.08. The Morgan fingerprint density at radius 3 is 3.00 bits per heavy atom. The predicted molar refractivity (Wildman–Crippen MR) is 55.4 cm³/mol. The molecule has 0 aliphatic heterocycles. The Morgan fingerprint density at radius 1 is 1.43 bits per heavy atom. The lowest BCUT2D eigenvalue weighted by molar-refractivity contribution is 0.816. The van der Waals surface area contributed by atoms with E-state index in [1.807, 2.05) is 12.3 Å². The second kappa shape index (κ2) is 3.67. The molecular formula is C10H13N3O. The number of aromatic amines is 1. The van der Waals surface area contributed by atoms with Gasteiger partial charge in [0.25, 0.3) is 5.56 Å². The van der Waals surface area contributed by atoms with Crippen LogP contribution < -0.4 is 11.3 Å². The van der Waals surface area contributed by atoms with Crippen molar-refractivity contribution >= 4 is 5.65 Å². The van der Waals surface area contributed by atoms with Gasteiger partial charge in [0.2, 0.25) is 0 Å². The van der Waals surface area contributed by atoms with Crippen molar-refractivity contribution in [2.24, 2.45) is 5.73 Å². The maximum absolute atomic E-state index is 11.4. The van der Waals surface area contributed by atoms with Crippen LogP contribution in [0.2, 0.25) is 0 Å². The molecule has 2 heterocycles. The van der Waals surface area contributed by atoms with Crippen LogP contribution >= 0.6 is 0 Å². The summed E-state index contributed by atoms with van der Waals surface area (Å²) in [5.41, 5.74) is 7.31. The van der Waals surface area contributed by atoms with Gasteiger partial charge in [-0.3, -0.25) is 9.20 Å². The number of nitrogens with zero attached hydrogens (tertiary/aromatic N) is 1. The average molecular weight is 191 g/mol. The SMILES string of the molecule is NCCCc1cn2c(=O)cccc2[nH]1. The zero-order valence-corrected chi connectivity index (χ0v) is 7.86. The van der Waals surface area contributed by atoms with Crippen LogP contribution in [0.4, 0.5) is 0 Å². The lowest BCUT2D eigenvalue weighted by Gasteiger charge is -1.91. The number of pyridine rings is 1. The monoisotopic (exact) mass is 191 g/mol. The fourth-order valence-corrected chi connectivity index (χ4v) is 1.51. The first-order chi connectivity index (χ1) is 6.81. The molecular weight excluding hydrogens is 178 g/mol. The Bertz CT molecular complexity index is 483. The highest BCUT2D eigenvalue weighted by Gasteiger charge is 2.00. The number of rotatable bonds is 3. The van der Waals surface area contributed by atoms with E-state index in [1.54, 1.807) is 16.5 Å². The van der Waals surface area contributed by atoms with Crippen molar-refractivity contribution in [3.8, 4) is 0 Å². The normalized spacial score (nSPS) is 10.9. The summed E-state index contributed by atoms with van der Waals surface area (Å²) in [6.07, 6.45) is 3.66. The van der Waals surface area contributed by atoms with Gasteiger partial charge in [0.05, 0.1) is 0 Å². The van der Waals surface area contributed by atoms with Gasteiger partial charge in [-0.05, 0) is 25.5 Å². The zero-order chi connectivity index (χ0) is 9.97. The molecule has 0 radical (unpaired) electrons. The highest BCUT2D eigenvalue weighted by atomic mass is 16.1. The number of hydrogen-bond acceptors (Lipinski definition) is 2. The third kappa shape index (κ3) is 1.56. The van der Waals surface area contributed by atoms with Gasteiger partial charge in [-0.1, -0.05) is 6.07 Å². The smallest absolute Gasteiger partial charge is 0.256 e. The van der Waals surface area contributed by atoms with Crippen LogP contribution in [0.3, 0.4) is 0 Å². The summed E-state index contributed by atoms with van der Waals surface area (Å²) >= 11 is 0. The average Bonchev–Trinajstić information content (AvgIpc) is 2.59. The highest BCUT2D eigenvalue weighted by molar-refractivity contribution is 5.39. The molecule has 2 rings (SSSR count). The molecule has 0 aliphatic carbocycles. The summed E-state index contributed by atoms with van der Waals surface area (Å²) in [5.74, 6) is 0. The summed E-state index contributed by atoms with van der Waals surface area (Å²) < 4.78 is 1.62. The number of aryl methyl sites for hydroxylation is 1. The number of nitrogens with two attached hydrogens (primary N) is 1. The van der Waals surface area contributed by atoms with Crippen LogP contribution in [0, 0.1) is 0 Å². The Kier molecular flexibility index (Phi) is 2.37. The summed E-state index contributed by atoms with van der Waals surface area (Å²) in [7, 11) is 0. The van der Waals surface area contributed by atoms with Crippen LogP contribution in [0.15, 0.2) is 29.2 Å². The van der Waals surface area contributed by atoms with Gasteiger partial charge < -0.3 is 10.7 Å². The molecule has 0 spiro atoms. The molecule has 0 saturated carbocycles. The van der Waals surface area contributed by atoms with Gasteiger partial charge >= 0.3 is 0 Å². The second-order valence-electron chi connectivity index (χ2n) is 3.29. The van der Waals surface area contributed by atoms with Crippen LogP contribution in [0.25, 0.3) is 5.65 Å². The van der Waals surface area contributed by atoms with Gasteiger partial charge in [-0.15, -0.1) is 0 Å². The van der Waals surface area contributed by atoms with E-state index < -0.39 is 0 Å². The van der Waals surface area contributed by atoms with E-state index in [0.29, 0.717) is 6.54 Å². The van der Waals surface area contributed by atoms with Crippen molar-refractivity contribution in [2.45, 2.75) is 12.8 Å². The van der Waals surface area contributed by atoms with Crippen molar-refractivity contribution in [2.75, 3.05) is 6.54 Å². The molecule has 2 aromatic heterocycles. The minimum Gasteiger partial charge on any atom is -0.343 e. The van der Waals surface area contributed by atoms with Crippen molar-refractivity contribution in [1.82, 2.24) is 9.38 Å². The van der Waals surface area contributed by atoms with E-state index in [1.165, 1.54) is 0 Å². The van der Waals surface area contributed by atoms with Crippen LogP contribution in [0.1, 0.15) is 12.1 Å². The number of aromatic nitrogens is 2. The van der Waals surface area contributed by atoms with Crippen molar-refractivity contribution in [3.63, 3.8) is 0 Å². The molecule has 4 heteroatoms. The fraction of sp³-hybridized carbons (Fsp3) is 0.300. The predicted octanol–water partition coefficient (Wildman–Crippen LogP) is 0.519. The maximum Gasteiger partial charge on any atom is 0.256 e. The van der Waals surface area contributed by atoms with Gasteiger partial charge in [0, 0.05) is 18.0 Å². The fourth-order valence-electron chi connectivity index (χ4n) is 1.51. The van der Waals surface area contributed by atoms with Crippen LogP contribution in [-0.2, 0) is 6.42 Å². The molecule has 14 heavy (non-hydrogen) atoms. The molecule has 0 unspecified atom stereocenters. The molecule has 0 fully saturated rings. The quantitative estimate of drug-likeness (QED) is 0.742. The van der Waals surface area contributed by atoms with E-state index in [4.69, 9.17) is 5.73 Å². The summed E-state index contributed by atoms with van der Waals surface area (Å²) in [6, 6.07) is 5.18. The first-order valence-electron chi connectivity index (χ1n) is 4.70. The third-order valence-corrected chi connectivity index (χ3v) is 2.21. The molecule has 74 valence electrons. The summed E-state index contributed by atoms with van der Waals surface area (Å²) in [6.45, 7) is 0.671. The van der Waals surface area contributed by atoms with E-state index in [2.05, 4.69) is 4.98 Å². The summed E-state index contributed by atoms with van der Waals surface area (Å²) in [4.78, 5) is 14.6. The first-order valence-corrected chi connectivity index (χ1v) is 4.70. The molecule has 2 aromatic rings. The molecule has 0 saturated heterocycles. The topological polar surface area (TPSA) is 63.3 Å². The molecule has 0 aromatic carbocycles. The standard InChI is InChI=1S/C10H13N3O/c11-6-2-3-8-7-13-9(12-8)4-1-5-10(13)14/h1,4-5,7,12H,2-3,6,11H2. The van der Waals surface area contributed by atoms with Crippen LogP contribution in [-0.4, -0.2) is 15.9 Å². The second-order valence-corrected chi connectivity index (χ2v) is 3.29. The largest absolute Gasteiger partial charge is 0.343 e. The minimum atomic E-state index is -0.00208. The molecule has 0 atom stereocenters. The number of imidazole rings is 1. The van der Waals surface area contributed by atoms with Crippen LogP contribution in [0.5, 0.6) is 0 Å². The third-order valence-electron chi connectivity index (χ3n) is 2.21. The number of nitrogens with one attached hydrogen (secondary N) is 1. The number of fused-ring (bicyclic) bond motifs is 1. The molecule has 0 bridgehead atoms. The van der Waals surface area contributed by atoms with Crippen molar-refractivity contribution in [1.29, 1.82) is 0 Å². The van der Waals surface area contributed by atoms with Gasteiger partial charge in [0.15, 0.2) is 0 Å². The Labute approximate surface area is 81.4 Å². The van der Waals surface area contributed by atoms with E-state index >= 15 is 0 Å². The lowest BCUT2D eigenvalue weighted by atomic mass is 10.2. The Morgan fingerprint density at radius 2 is 2.29 bits per heavy atom. The zero-order valence-electron chi connectivity index (χ0n) is 7.86. The Balaban J connectivity index is 2.41. The summed E-state index contributed by atoms with van der Waals surface area (Å²) in [5, 5.41) is 0. The van der Waals surface area contributed by atoms with Gasteiger partial charge in [-0.2, -0.15) is 0 Å². The highest BCUT2D eigenvalue weighted by Crippen LogP contribution is 2.03. The van der Waals surface area contributed by atoms with Crippen molar-refractivity contribution < 1.29 is 0 Å². The molecule has 0 amide bonds. The minimum absolute atomic E-state index is 0.00208. The van der Waals surface area contributed by atoms with Crippen molar-refractivity contribution in [3.05, 3.63) is 40.4 Å². The van der Waals surface area contributed by atoms with Gasteiger partial charge in [0.1, 0.15) is 5.65 Å². The van der Waals surface area contributed by atoms with Gasteiger partial charge in [-0.25, -0.2) is 0 Å². The molecule has 3 N–H and O–H groups in total. The maximum atomic E-state index is 11.4. The Hall–Kier alpha value is -1.55. The molecule has 0 aliphatic rings. The first kappa shape index (κ1) is 9.02. The van der Waals surface area contributed by atoms with E-state index in [0.717, 1.165) is 24.2 Å². The van der Waals surface area contributed by atoms with E-state index in [9.17, 15) is 4.79 Å².